The highest BCUT2D eigenvalue weighted by Crippen LogP contribution is 2.30. The second-order valence-electron chi connectivity index (χ2n) is 4.71. The number of nitrogens with zero attached hydrogens (tertiary/aromatic N) is 4. The Morgan fingerprint density at radius 2 is 2.04 bits per heavy atom. The standard InChI is InChI=1S/C14H16N8O/c15-12-5-11(13(16)14(20-12)21-17)23-6-9-3-1-2-4-10(9)22-8-18-7-19-22/h1-5,7-8H,6,16-17H2,(H3,15,20,21). The number of hydrazine groups is 1. The Balaban J connectivity index is 1.86. The molecule has 9 nitrogen and oxygen atoms in total. The van der Waals surface area contributed by atoms with Gasteiger partial charge in [0, 0.05) is 11.6 Å². The van der Waals surface area contributed by atoms with Gasteiger partial charge in [0.1, 0.15) is 36.5 Å². The van der Waals surface area contributed by atoms with Crippen LogP contribution in [0.25, 0.3) is 5.69 Å². The minimum Gasteiger partial charge on any atom is -0.486 e. The number of benzene rings is 1. The van der Waals surface area contributed by atoms with Crippen molar-refractivity contribution in [3.8, 4) is 11.4 Å². The maximum Gasteiger partial charge on any atom is 0.169 e. The van der Waals surface area contributed by atoms with Crippen LogP contribution in [0.2, 0.25) is 0 Å². The molecule has 23 heavy (non-hydrogen) atoms. The summed E-state index contributed by atoms with van der Waals surface area (Å²) in [4.78, 5) is 7.93. The lowest BCUT2D eigenvalue weighted by molar-refractivity contribution is 0.307. The molecule has 0 aliphatic rings. The average Bonchev–Trinajstić information content (AvgIpc) is 3.10. The highest BCUT2D eigenvalue weighted by atomic mass is 16.5. The predicted octanol–water partition coefficient (Wildman–Crippen LogP) is 0.691. The zero-order valence-corrected chi connectivity index (χ0v) is 12.2. The van der Waals surface area contributed by atoms with Crippen molar-refractivity contribution in [1.82, 2.24) is 19.7 Å². The van der Waals surface area contributed by atoms with Gasteiger partial charge in [-0.1, -0.05) is 18.2 Å². The average molecular weight is 312 g/mol. The lowest BCUT2D eigenvalue weighted by Crippen LogP contribution is -2.13. The molecule has 0 aliphatic heterocycles. The Labute approximate surface area is 132 Å². The van der Waals surface area contributed by atoms with E-state index < -0.39 is 0 Å². The third kappa shape index (κ3) is 2.99. The van der Waals surface area contributed by atoms with Crippen LogP contribution in [0.4, 0.5) is 17.3 Å². The summed E-state index contributed by atoms with van der Waals surface area (Å²) in [6, 6.07) is 9.23. The molecule has 0 radical (unpaired) electrons. The summed E-state index contributed by atoms with van der Waals surface area (Å²) in [7, 11) is 0. The second kappa shape index (κ2) is 6.20. The number of para-hydroxylation sites is 1. The lowest BCUT2D eigenvalue weighted by atomic mass is 10.2. The van der Waals surface area contributed by atoms with Gasteiger partial charge >= 0.3 is 0 Å². The van der Waals surface area contributed by atoms with Crippen molar-refractivity contribution in [2.75, 3.05) is 16.9 Å². The molecule has 0 saturated heterocycles. The van der Waals surface area contributed by atoms with E-state index in [9.17, 15) is 0 Å². The Kier molecular flexibility index (Phi) is 3.93. The molecule has 118 valence electrons. The lowest BCUT2D eigenvalue weighted by Gasteiger charge is -2.14. The summed E-state index contributed by atoms with van der Waals surface area (Å²) in [5.41, 5.74) is 16.1. The van der Waals surface area contributed by atoms with Gasteiger partial charge in [0.15, 0.2) is 5.82 Å². The van der Waals surface area contributed by atoms with Gasteiger partial charge in [-0.05, 0) is 6.07 Å². The fourth-order valence-electron chi connectivity index (χ4n) is 2.12. The topological polar surface area (TPSA) is 143 Å². The van der Waals surface area contributed by atoms with E-state index in [1.54, 1.807) is 17.1 Å². The minimum absolute atomic E-state index is 0.256. The van der Waals surface area contributed by atoms with Gasteiger partial charge in [-0.3, -0.25) is 0 Å². The van der Waals surface area contributed by atoms with Crippen LogP contribution in [0.5, 0.6) is 5.75 Å². The van der Waals surface area contributed by atoms with E-state index in [0.717, 1.165) is 11.3 Å². The molecule has 2 aromatic heterocycles. The van der Waals surface area contributed by atoms with Gasteiger partial charge in [0.05, 0.1) is 5.69 Å². The Bertz CT molecular complexity index is 803. The summed E-state index contributed by atoms with van der Waals surface area (Å²) in [5, 5.41) is 4.13. The number of pyridine rings is 1. The first-order valence-corrected chi connectivity index (χ1v) is 6.77. The minimum atomic E-state index is 0.256. The van der Waals surface area contributed by atoms with Crippen LogP contribution >= 0.6 is 0 Å². The molecule has 0 saturated carbocycles. The fraction of sp³-hybridized carbons (Fsp3) is 0.0714. The first-order valence-electron chi connectivity index (χ1n) is 6.77. The molecule has 0 spiro atoms. The number of anilines is 3. The Morgan fingerprint density at radius 1 is 1.22 bits per heavy atom. The number of nitrogens with two attached hydrogens (primary N) is 3. The molecule has 9 heteroatoms. The largest absolute Gasteiger partial charge is 0.486 e. The molecular formula is C14H16N8O. The zero-order valence-electron chi connectivity index (χ0n) is 12.2. The molecule has 0 amide bonds. The Hall–Kier alpha value is -3.33. The van der Waals surface area contributed by atoms with Gasteiger partial charge in [-0.25, -0.2) is 20.5 Å². The van der Waals surface area contributed by atoms with Gasteiger partial charge in [-0.2, -0.15) is 5.10 Å². The van der Waals surface area contributed by atoms with E-state index in [1.165, 1.54) is 6.33 Å². The fourth-order valence-corrected chi connectivity index (χ4v) is 2.12. The van der Waals surface area contributed by atoms with Gasteiger partial charge in [0.25, 0.3) is 0 Å². The summed E-state index contributed by atoms with van der Waals surface area (Å²) >= 11 is 0. The number of hydrogen-bond donors (Lipinski definition) is 4. The third-order valence-electron chi connectivity index (χ3n) is 3.22. The van der Waals surface area contributed by atoms with Crippen LogP contribution in [-0.2, 0) is 6.61 Å². The number of nitrogen functional groups attached to an aromatic ring is 3. The molecule has 2 heterocycles. The number of ether oxygens (including phenoxy) is 1. The zero-order chi connectivity index (χ0) is 16.2. The van der Waals surface area contributed by atoms with Gasteiger partial charge in [0.2, 0.25) is 0 Å². The van der Waals surface area contributed by atoms with Crippen molar-refractivity contribution < 1.29 is 4.74 Å². The van der Waals surface area contributed by atoms with Crippen LogP contribution < -0.4 is 27.5 Å². The Morgan fingerprint density at radius 3 is 2.78 bits per heavy atom. The molecule has 1 aromatic carbocycles. The van der Waals surface area contributed by atoms with Crippen LogP contribution in [0.3, 0.4) is 0 Å². The van der Waals surface area contributed by atoms with Gasteiger partial charge in [-0.15, -0.1) is 0 Å². The summed E-state index contributed by atoms with van der Waals surface area (Å²) in [6.07, 6.45) is 3.09. The molecule has 7 N–H and O–H groups in total. The molecule has 3 aromatic rings. The van der Waals surface area contributed by atoms with Crippen LogP contribution in [0.15, 0.2) is 43.0 Å². The van der Waals surface area contributed by atoms with E-state index in [2.05, 4.69) is 20.5 Å². The van der Waals surface area contributed by atoms with E-state index in [0.29, 0.717) is 11.4 Å². The molecule has 0 unspecified atom stereocenters. The third-order valence-corrected chi connectivity index (χ3v) is 3.22. The van der Waals surface area contributed by atoms with Crippen molar-refractivity contribution >= 4 is 17.3 Å². The van der Waals surface area contributed by atoms with Crippen molar-refractivity contribution in [2.45, 2.75) is 6.61 Å². The van der Waals surface area contributed by atoms with Crippen LogP contribution in [-0.4, -0.2) is 19.7 Å². The first kappa shape index (κ1) is 14.6. The maximum absolute atomic E-state index is 5.95. The maximum atomic E-state index is 5.95. The monoisotopic (exact) mass is 312 g/mol. The molecule has 0 atom stereocenters. The smallest absolute Gasteiger partial charge is 0.169 e. The molecule has 0 aliphatic carbocycles. The second-order valence-corrected chi connectivity index (χ2v) is 4.71. The van der Waals surface area contributed by atoms with Gasteiger partial charge < -0.3 is 21.6 Å². The quantitative estimate of drug-likeness (QED) is 0.398. The van der Waals surface area contributed by atoms with E-state index in [1.807, 2.05) is 24.3 Å². The highest BCUT2D eigenvalue weighted by molar-refractivity contribution is 5.71. The highest BCUT2D eigenvalue weighted by Gasteiger charge is 2.11. The predicted molar refractivity (Wildman–Crippen MR) is 86.6 cm³/mol. The molecule has 0 bridgehead atoms. The van der Waals surface area contributed by atoms with Crippen molar-refractivity contribution in [3.05, 3.63) is 48.5 Å². The number of nitrogens with one attached hydrogen (secondary N) is 1. The summed E-state index contributed by atoms with van der Waals surface area (Å²) in [6.45, 7) is 0.272. The van der Waals surface area contributed by atoms with Crippen molar-refractivity contribution in [2.24, 2.45) is 5.84 Å². The molecular weight excluding hydrogens is 296 g/mol. The van der Waals surface area contributed by atoms with Crippen molar-refractivity contribution in [3.63, 3.8) is 0 Å². The number of aromatic nitrogens is 4. The van der Waals surface area contributed by atoms with E-state index in [4.69, 9.17) is 22.0 Å². The molecule has 0 fully saturated rings. The summed E-state index contributed by atoms with van der Waals surface area (Å²) in [5.74, 6) is 6.29. The van der Waals surface area contributed by atoms with E-state index in [-0.39, 0.29) is 18.2 Å². The van der Waals surface area contributed by atoms with Crippen molar-refractivity contribution in [1.29, 1.82) is 0 Å². The van der Waals surface area contributed by atoms with Crippen LogP contribution in [0.1, 0.15) is 5.56 Å². The normalized spacial score (nSPS) is 10.5. The van der Waals surface area contributed by atoms with Crippen LogP contribution in [0, 0.1) is 0 Å². The number of hydrogen-bond acceptors (Lipinski definition) is 8. The number of rotatable bonds is 5. The summed E-state index contributed by atoms with van der Waals surface area (Å²) < 4.78 is 7.45. The van der Waals surface area contributed by atoms with E-state index >= 15 is 0 Å². The SMILES string of the molecule is NNc1nc(N)cc(OCc2ccccc2-n2cncn2)c1N. The first-order chi connectivity index (χ1) is 11.2. The molecule has 3 rings (SSSR count).